The smallest absolute Gasteiger partial charge is 0.224 e. The van der Waals surface area contributed by atoms with Crippen LogP contribution in [0.25, 0.3) is 0 Å². The van der Waals surface area contributed by atoms with Gasteiger partial charge in [0.1, 0.15) is 0 Å². The number of carbonyl (C=O) groups excluding carboxylic acids is 1. The molecule has 3 nitrogen and oxygen atoms in total. The van der Waals surface area contributed by atoms with E-state index in [1.165, 1.54) is 0 Å². The van der Waals surface area contributed by atoms with Crippen LogP contribution in [0, 0.1) is 17.2 Å². The van der Waals surface area contributed by atoms with Crippen molar-refractivity contribution in [3.8, 4) is 6.07 Å². The molecule has 0 bridgehead atoms. The summed E-state index contributed by atoms with van der Waals surface area (Å²) in [5.41, 5.74) is 1.12. The molecule has 1 atom stereocenters. The van der Waals surface area contributed by atoms with Crippen LogP contribution in [0.1, 0.15) is 25.8 Å². The largest absolute Gasteiger partial charge is 0.339 e. The molecule has 1 aromatic rings. The third-order valence-corrected chi connectivity index (χ3v) is 2.65. The van der Waals surface area contributed by atoms with Crippen molar-refractivity contribution in [2.24, 2.45) is 5.92 Å². The standard InChI is InChI=1S/C14H18N2O/c1-3-16(14(17)9-12(2)10-15)11-13-7-5-4-6-8-13/h4-8,12H,3,9,11H2,1-2H3. The third-order valence-electron chi connectivity index (χ3n) is 2.65. The minimum absolute atomic E-state index is 0.0467. The van der Waals surface area contributed by atoms with Crippen LogP contribution < -0.4 is 0 Å². The number of rotatable bonds is 5. The second-order valence-corrected chi connectivity index (χ2v) is 4.13. The SMILES string of the molecule is CCN(Cc1ccccc1)C(=O)CC(C)C#N. The van der Waals surface area contributed by atoms with E-state index in [9.17, 15) is 4.79 Å². The zero-order valence-electron chi connectivity index (χ0n) is 10.4. The molecule has 0 spiro atoms. The second-order valence-electron chi connectivity index (χ2n) is 4.13. The summed E-state index contributed by atoms with van der Waals surface area (Å²) in [7, 11) is 0. The molecule has 1 amide bonds. The Labute approximate surface area is 103 Å². The molecule has 0 aliphatic carbocycles. The van der Waals surface area contributed by atoms with E-state index < -0.39 is 0 Å². The van der Waals surface area contributed by atoms with Gasteiger partial charge < -0.3 is 4.90 Å². The zero-order chi connectivity index (χ0) is 12.7. The fourth-order valence-electron chi connectivity index (χ4n) is 1.62. The molecule has 0 aromatic heterocycles. The average molecular weight is 230 g/mol. The molecule has 17 heavy (non-hydrogen) atoms. The Morgan fingerprint density at radius 1 is 1.41 bits per heavy atom. The lowest BCUT2D eigenvalue weighted by atomic mass is 10.1. The monoisotopic (exact) mass is 230 g/mol. The topological polar surface area (TPSA) is 44.1 Å². The van der Waals surface area contributed by atoms with Gasteiger partial charge >= 0.3 is 0 Å². The minimum atomic E-state index is -0.215. The van der Waals surface area contributed by atoms with Crippen LogP contribution in [0.4, 0.5) is 0 Å². The average Bonchev–Trinajstić information content (AvgIpc) is 2.36. The number of nitrogens with zero attached hydrogens (tertiary/aromatic N) is 2. The lowest BCUT2D eigenvalue weighted by molar-refractivity contribution is -0.132. The van der Waals surface area contributed by atoms with Crippen LogP contribution >= 0.6 is 0 Å². The fraction of sp³-hybridized carbons (Fsp3) is 0.429. The second kappa shape index (κ2) is 6.70. The minimum Gasteiger partial charge on any atom is -0.339 e. The van der Waals surface area contributed by atoms with Gasteiger partial charge in [0, 0.05) is 19.5 Å². The number of hydrogen-bond donors (Lipinski definition) is 0. The molecule has 0 aliphatic heterocycles. The van der Waals surface area contributed by atoms with Crippen molar-refractivity contribution in [2.45, 2.75) is 26.8 Å². The van der Waals surface area contributed by atoms with Crippen LogP contribution in [-0.4, -0.2) is 17.4 Å². The lowest BCUT2D eigenvalue weighted by Crippen LogP contribution is -2.31. The molecule has 0 fully saturated rings. The highest BCUT2D eigenvalue weighted by molar-refractivity contribution is 5.76. The van der Waals surface area contributed by atoms with Crippen molar-refractivity contribution in [3.63, 3.8) is 0 Å². The maximum absolute atomic E-state index is 11.9. The van der Waals surface area contributed by atoms with Crippen molar-refractivity contribution >= 4 is 5.91 Å². The fourth-order valence-corrected chi connectivity index (χ4v) is 1.62. The van der Waals surface area contributed by atoms with E-state index in [0.29, 0.717) is 19.5 Å². The molecule has 1 rings (SSSR count). The highest BCUT2D eigenvalue weighted by atomic mass is 16.2. The number of carbonyl (C=O) groups is 1. The van der Waals surface area contributed by atoms with Gasteiger partial charge in [0.2, 0.25) is 5.91 Å². The summed E-state index contributed by atoms with van der Waals surface area (Å²) in [6.45, 7) is 5.02. The first-order chi connectivity index (χ1) is 8.17. The van der Waals surface area contributed by atoms with Gasteiger partial charge in [0.25, 0.3) is 0 Å². The van der Waals surface area contributed by atoms with Crippen LogP contribution in [0.2, 0.25) is 0 Å². The third kappa shape index (κ3) is 4.28. The number of nitriles is 1. The molecule has 1 unspecified atom stereocenters. The number of hydrogen-bond acceptors (Lipinski definition) is 2. The molecule has 0 N–H and O–H groups in total. The van der Waals surface area contributed by atoms with Gasteiger partial charge in [0.15, 0.2) is 0 Å². The molecule has 0 aliphatic rings. The van der Waals surface area contributed by atoms with E-state index >= 15 is 0 Å². The van der Waals surface area contributed by atoms with Crippen molar-refractivity contribution in [1.82, 2.24) is 4.90 Å². The zero-order valence-corrected chi connectivity index (χ0v) is 10.4. The first kappa shape index (κ1) is 13.2. The van der Waals surface area contributed by atoms with Crippen LogP contribution in [0.5, 0.6) is 0 Å². The molecule has 0 saturated carbocycles. The summed E-state index contributed by atoms with van der Waals surface area (Å²) in [5.74, 6) is -0.169. The predicted molar refractivity (Wildman–Crippen MR) is 66.9 cm³/mol. The Morgan fingerprint density at radius 3 is 2.59 bits per heavy atom. The molecular formula is C14H18N2O. The number of amides is 1. The maximum atomic E-state index is 11.9. The van der Waals surface area contributed by atoms with Crippen molar-refractivity contribution in [1.29, 1.82) is 5.26 Å². The van der Waals surface area contributed by atoms with Crippen molar-refractivity contribution in [2.75, 3.05) is 6.54 Å². The molecular weight excluding hydrogens is 212 g/mol. The van der Waals surface area contributed by atoms with Gasteiger partial charge in [-0.05, 0) is 19.4 Å². The van der Waals surface area contributed by atoms with Gasteiger partial charge in [-0.1, -0.05) is 30.3 Å². The van der Waals surface area contributed by atoms with E-state index in [0.717, 1.165) is 5.56 Å². The number of benzene rings is 1. The summed E-state index contributed by atoms with van der Waals surface area (Å²) in [6.07, 6.45) is 0.303. The molecule has 0 heterocycles. The highest BCUT2D eigenvalue weighted by Gasteiger charge is 2.15. The first-order valence-electron chi connectivity index (χ1n) is 5.88. The predicted octanol–water partition coefficient (Wildman–Crippen LogP) is 2.58. The van der Waals surface area contributed by atoms with Gasteiger partial charge in [-0.3, -0.25) is 4.79 Å². The molecule has 90 valence electrons. The lowest BCUT2D eigenvalue weighted by Gasteiger charge is -2.21. The van der Waals surface area contributed by atoms with Gasteiger partial charge in [0.05, 0.1) is 12.0 Å². The molecule has 0 radical (unpaired) electrons. The summed E-state index contributed by atoms with van der Waals surface area (Å²) >= 11 is 0. The van der Waals surface area contributed by atoms with Crippen LogP contribution in [-0.2, 0) is 11.3 Å². The summed E-state index contributed by atoms with van der Waals surface area (Å²) in [6, 6.07) is 12.0. The van der Waals surface area contributed by atoms with E-state index in [2.05, 4.69) is 6.07 Å². The van der Waals surface area contributed by atoms with Gasteiger partial charge in [-0.15, -0.1) is 0 Å². The summed E-state index contributed by atoms with van der Waals surface area (Å²) < 4.78 is 0. The van der Waals surface area contributed by atoms with E-state index in [-0.39, 0.29) is 11.8 Å². The summed E-state index contributed by atoms with van der Waals surface area (Å²) in [4.78, 5) is 13.7. The quantitative estimate of drug-likeness (QED) is 0.780. The van der Waals surface area contributed by atoms with E-state index in [1.807, 2.05) is 37.3 Å². The Balaban J connectivity index is 2.60. The Bertz CT molecular complexity index is 394. The maximum Gasteiger partial charge on any atom is 0.224 e. The molecule has 3 heteroatoms. The van der Waals surface area contributed by atoms with Crippen molar-refractivity contribution < 1.29 is 4.79 Å². The van der Waals surface area contributed by atoms with Gasteiger partial charge in [-0.25, -0.2) is 0 Å². The van der Waals surface area contributed by atoms with E-state index in [4.69, 9.17) is 5.26 Å². The van der Waals surface area contributed by atoms with E-state index in [1.54, 1.807) is 11.8 Å². The van der Waals surface area contributed by atoms with Crippen LogP contribution in [0.15, 0.2) is 30.3 Å². The first-order valence-corrected chi connectivity index (χ1v) is 5.88. The Hall–Kier alpha value is -1.82. The Morgan fingerprint density at radius 2 is 2.06 bits per heavy atom. The van der Waals surface area contributed by atoms with Gasteiger partial charge in [-0.2, -0.15) is 5.26 Å². The van der Waals surface area contributed by atoms with Crippen molar-refractivity contribution in [3.05, 3.63) is 35.9 Å². The van der Waals surface area contributed by atoms with Crippen LogP contribution in [0.3, 0.4) is 0 Å². The molecule has 1 aromatic carbocycles. The normalized spacial score (nSPS) is 11.6. The highest BCUT2D eigenvalue weighted by Crippen LogP contribution is 2.09. The molecule has 0 saturated heterocycles. The summed E-state index contributed by atoms with van der Waals surface area (Å²) in [5, 5.41) is 8.71. The Kier molecular flexibility index (Phi) is 5.22.